The fraction of sp³-hybridized carbons (Fsp3) is 0.578. The highest BCUT2D eigenvalue weighted by Gasteiger charge is 2.54. The van der Waals surface area contributed by atoms with Gasteiger partial charge >= 0.3 is 5.97 Å². The van der Waals surface area contributed by atoms with Gasteiger partial charge in [-0.05, 0) is 128 Å². The van der Waals surface area contributed by atoms with Crippen LogP contribution in [0.5, 0.6) is 17.2 Å². The lowest BCUT2D eigenvalue weighted by atomic mass is 9.59. The maximum absolute atomic E-state index is 13.1. The van der Waals surface area contributed by atoms with Gasteiger partial charge in [0.25, 0.3) is 0 Å². The Morgan fingerprint density at radius 1 is 1.07 bits per heavy atom. The van der Waals surface area contributed by atoms with E-state index in [-0.39, 0.29) is 29.1 Å². The first kappa shape index (κ1) is 38.8. The second-order valence-electron chi connectivity index (χ2n) is 17.5. The number of nitrogens with zero attached hydrogens (tertiary/aromatic N) is 2. The fourth-order valence-corrected chi connectivity index (χ4v) is 10.6. The largest absolute Gasteiger partial charge is 0.493 e. The number of anilines is 1. The summed E-state index contributed by atoms with van der Waals surface area (Å²) < 4.78 is 25.6. The SMILES string of the molecule is C[C@@H](COc1ccnc2c1[C@H](C)CCC2)C[C@H]1Cc2cc3c(cc2C12CCC(Nc1cccc(Cl)c1)(C(=O)O)CC2)OCC(COCC1CC(=O)N(C)C1)CO3. The molecular formula is C45H56ClN3O7. The molecule has 0 radical (unpaired) electrons. The molecule has 2 fully saturated rings. The van der Waals surface area contributed by atoms with Gasteiger partial charge in [-0.2, -0.15) is 0 Å². The van der Waals surface area contributed by atoms with Crippen molar-refractivity contribution in [3.8, 4) is 17.2 Å². The molecular weight excluding hydrogens is 730 g/mol. The number of aryl methyl sites for hydroxylation is 1. The number of carboxylic acid groups (broad SMARTS) is 1. The van der Waals surface area contributed by atoms with Gasteiger partial charge in [-0.3, -0.25) is 9.78 Å². The molecule has 3 aromatic rings. The molecule has 1 amide bonds. The summed E-state index contributed by atoms with van der Waals surface area (Å²) >= 11 is 6.31. The zero-order valence-electron chi connectivity index (χ0n) is 33.0. The Labute approximate surface area is 335 Å². The number of amides is 1. The van der Waals surface area contributed by atoms with Crippen molar-refractivity contribution in [2.75, 3.05) is 51.9 Å². The number of likely N-dealkylation sites (tertiary alicyclic amines) is 1. The third kappa shape index (κ3) is 7.80. The summed E-state index contributed by atoms with van der Waals surface area (Å²) in [4.78, 5) is 31.5. The van der Waals surface area contributed by atoms with E-state index in [9.17, 15) is 14.7 Å². The fourth-order valence-electron chi connectivity index (χ4n) is 10.4. The first-order valence-electron chi connectivity index (χ1n) is 20.6. The Hall–Kier alpha value is -4.02. The third-order valence-electron chi connectivity index (χ3n) is 13.4. The highest BCUT2D eigenvalue weighted by molar-refractivity contribution is 6.30. The van der Waals surface area contributed by atoms with E-state index in [1.54, 1.807) is 17.0 Å². The van der Waals surface area contributed by atoms with Crippen LogP contribution in [-0.2, 0) is 32.6 Å². The van der Waals surface area contributed by atoms with Crippen molar-refractivity contribution in [1.29, 1.82) is 0 Å². The summed E-state index contributed by atoms with van der Waals surface area (Å²) in [6.07, 6.45) is 10.0. The maximum Gasteiger partial charge on any atom is 0.329 e. The van der Waals surface area contributed by atoms with E-state index in [1.807, 2.05) is 31.4 Å². The summed E-state index contributed by atoms with van der Waals surface area (Å²) in [6.45, 7) is 7.93. The third-order valence-corrected chi connectivity index (χ3v) is 13.7. The van der Waals surface area contributed by atoms with E-state index >= 15 is 0 Å². The van der Waals surface area contributed by atoms with Crippen molar-refractivity contribution < 1.29 is 33.6 Å². The molecule has 5 atom stereocenters. The molecule has 56 heavy (non-hydrogen) atoms. The number of hydrogen-bond donors (Lipinski definition) is 2. The van der Waals surface area contributed by atoms with Crippen LogP contribution in [0.15, 0.2) is 48.7 Å². The molecule has 300 valence electrons. The van der Waals surface area contributed by atoms with E-state index in [0.717, 1.165) is 68.0 Å². The lowest BCUT2D eigenvalue weighted by Gasteiger charge is -2.47. The van der Waals surface area contributed by atoms with Crippen LogP contribution in [0.2, 0.25) is 5.02 Å². The predicted octanol–water partition coefficient (Wildman–Crippen LogP) is 8.08. The van der Waals surface area contributed by atoms with E-state index in [1.165, 1.54) is 28.8 Å². The van der Waals surface area contributed by atoms with Crippen molar-refractivity contribution in [2.45, 2.75) is 94.9 Å². The number of benzene rings is 2. The molecule has 1 saturated carbocycles. The second-order valence-corrected chi connectivity index (χ2v) is 18.0. The molecule has 2 aromatic carbocycles. The summed E-state index contributed by atoms with van der Waals surface area (Å²) in [5, 5.41) is 14.7. The standard InChI is InChI=1S/C45H56ClN3O7/c1-28(23-54-38-10-15-47-37-9-4-6-29(2)42(37)38)16-33-18-32-19-39-40(56-27-31(26-55-39)25-53-24-30-17-41(50)49(3)22-30)21-36(32)44(33)11-13-45(14-12-44,43(51)52)48-35-8-5-7-34(46)20-35/h5,7-8,10,15,19-21,28-31,33,48H,4,6,9,11-14,16-18,22-27H2,1-3H3,(H,51,52)/t28-,29-,30?,31?,33+,44?,45?/m1/s1. The molecule has 11 heteroatoms. The normalized spacial score (nSPS) is 28.7. The number of aliphatic carboxylic acids is 1. The van der Waals surface area contributed by atoms with Gasteiger partial charge in [0.2, 0.25) is 5.91 Å². The highest BCUT2D eigenvalue weighted by Crippen LogP contribution is 2.58. The monoisotopic (exact) mass is 785 g/mol. The van der Waals surface area contributed by atoms with Crippen LogP contribution < -0.4 is 19.5 Å². The predicted molar refractivity (Wildman–Crippen MR) is 215 cm³/mol. The zero-order valence-corrected chi connectivity index (χ0v) is 33.7. The number of aromatic nitrogens is 1. The van der Waals surface area contributed by atoms with Crippen LogP contribution in [0, 0.1) is 23.7 Å². The van der Waals surface area contributed by atoms with Crippen molar-refractivity contribution in [3.05, 3.63) is 76.1 Å². The van der Waals surface area contributed by atoms with Gasteiger partial charge in [-0.15, -0.1) is 0 Å². The molecule has 2 unspecified atom stereocenters. The van der Waals surface area contributed by atoms with Crippen LogP contribution >= 0.6 is 11.6 Å². The van der Waals surface area contributed by atoms with E-state index < -0.39 is 11.5 Å². The summed E-state index contributed by atoms with van der Waals surface area (Å²) in [7, 11) is 1.84. The molecule has 2 aliphatic heterocycles. The molecule has 2 N–H and O–H groups in total. The molecule has 5 aliphatic rings. The summed E-state index contributed by atoms with van der Waals surface area (Å²) in [6, 6.07) is 13.7. The second kappa shape index (κ2) is 16.1. The zero-order chi connectivity index (χ0) is 39.0. The Balaban J connectivity index is 1.00. The number of carbonyl (C=O) groups excluding carboxylic acids is 1. The minimum absolute atomic E-state index is 0.0621. The van der Waals surface area contributed by atoms with Crippen molar-refractivity contribution >= 4 is 29.2 Å². The molecule has 3 aliphatic carbocycles. The Kier molecular flexibility index (Phi) is 11.2. The number of hydrogen-bond acceptors (Lipinski definition) is 8. The topological polar surface area (TPSA) is 119 Å². The van der Waals surface area contributed by atoms with E-state index in [2.05, 4.69) is 36.3 Å². The van der Waals surface area contributed by atoms with Gasteiger partial charge in [0, 0.05) is 54.1 Å². The minimum Gasteiger partial charge on any atom is -0.493 e. The molecule has 1 spiro atoms. The summed E-state index contributed by atoms with van der Waals surface area (Å²) in [5.74, 6) is 3.11. The van der Waals surface area contributed by atoms with Crippen molar-refractivity contribution in [2.24, 2.45) is 23.7 Å². The average molecular weight is 786 g/mol. The number of carboxylic acids is 1. The minimum atomic E-state index is -1.10. The highest BCUT2D eigenvalue weighted by atomic mass is 35.5. The van der Waals surface area contributed by atoms with Gasteiger partial charge in [-0.25, -0.2) is 4.79 Å². The van der Waals surface area contributed by atoms with Gasteiger partial charge in [-0.1, -0.05) is 31.5 Å². The number of halogens is 1. The summed E-state index contributed by atoms with van der Waals surface area (Å²) in [5.41, 5.74) is 4.37. The molecule has 1 saturated heterocycles. The van der Waals surface area contributed by atoms with Gasteiger partial charge in [0.05, 0.1) is 39.0 Å². The van der Waals surface area contributed by atoms with Crippen LogP contribution in [0.1, 0.15) is 93.5 Å². The number of fused-ring (bicyclic) bond motifs is 4. The number of pyridine rings is 1. The first-order valence-corrected chi connectivity index (χ1v) is 21.0. The smallest absolute Gasteiger partial charge is 0.329 e. The van der Waals surface area contributed by atoms with Crippen LogP contribution in [-0.4, -0.2) is 79.0 Å². The van der Waals surface area contributed by atoms with Gasteiger partial charge in [0.1, 0.15) is 11.3 Å². The quantitative estimate of drug-likeness (QED) is 0.188. The number of carbonyl (C=O) groups is 2. The molecule has 1 aromatic heterocycles. The van der Waals surface area contributed by atoms with Gasteiger partial charge < -0.3 is 34.3 Å². The molecule has 0 bridgehead atoms. The Morgan fingerprint density at radius 3 is 2.57 bits per heavy atom. The van der Waals surface area contributed by atoms with E-state index in [0.29, 0.717) is 69.2 Å². The van der Waals surface area contributed by atoms with Gasteiger partial charge in [0.15, 0.2) is 11.5 Å². The lowest BCUT2D eigenvalue weighted by molar-refractivity contribution is -0.144. The first-order chi connectivity index (χ1) is 27.0. The number of ether oxygens (including phenoxy) is 4. The molecule has 10 nitrogen and oxygen atoms in total. The van der Waals surface area contributed by atoms with Crippen LogP contribution in [0.25, 0.3) is 0 Å². The maximum atomic E-state index is 13.1. The Morgan fingerprint density at radius 2 is 1.84 bits per heavy atom. The number of nitrogens with one attached hydrogen (secondary N) is 1. The van der Waals surface area contributed by atoms with E-state index in [4.69, 9.17) is 30.5 Å². The lowest BCUT2D eigenvalue weighted by Crippen LogP contribution is -2.53. The Bertz CT molecular complexity index is 1930. The molecule has 3 heterocycles. The average Bonchev–Trinajstić information content (AvgIpc) is 3.55. The van der Waals surface area contributed by atoms with Crippen LogP contribution in [0.4, 0.5) is 5.69 Å². The number of rotatable bonds is 12. The van der Waals surface area contributed by atoms with Crippen LogP contribution in [0.3, 0.4) is 0 Å². The van der Waals surface area contributed by atoms with Crippen molar-refractivity contribution in [1.82, 2.24) is 9.88 Å². The molecule has 8 rings (SSSR count). The van der Waals surface area contributed by atoms with Crippen molar-refractivity contribution in [3.63, 3.8) is 0 Å².